The van der Waals surface area contributed by atoms with E-state index in [4.69, 9.17) is 0 Å². The lowest BCUT2D eigenvalue weighted by Crippen LogP contribution is -2.46. The van der Waals surface area contributed by atoms with Gasteiger partial charge in [0, 0.05) is 45.8 Å². The van der Waals surface area contributed by atoms with Crippen molar-refractivity contribution in [2.75, 3.05) is 52.9 Å². The number of unbranched alkanes of at least 4 members (excludes halogenated alkanes) is 4. The van der Waals surface area contributed by atoms with Gasteiger partial charge in [-0.1, -0.05) is 39.5 Å². The molecule has 1 unspecified atom stereocenters. The van der Waals surface area contributed by atoms with Gasteiger partial charge >= 0.3 is 0 Å². The highest BCUT2D eigenvalue weighted by molar-refractivity contribution is 14.0. The van der Waals surface area contributed by atoms with Crippen LogP contribution < -0.4 is 10.6 Å². The van der Waals surface area contributed by atoms with Crippen LogP contribution in [0.1, 0.15) is 65.7 Å². The van der Waals surface area contributed by atoms with Crippen LogP contribution in [-0.4, -0.2) is 74.7 Å². The van der Waals surface area contributed by atoms with E-state index in [1.807, 2.05) is 7.05 Å². The maximum absolute atomic E-state index is 4.36. The van der Waals surface area contributed by atoms with Gasteiger partial charge in [0.15, 0.2) is 5.96 Å². The average molecular weight is 482 g/mol. The van der Waals surface area contributed by atoms with Gasteiger partial charge in [-0.25, -0.2) is 0 Å². The lowest BCUT2D eigenvalue weighted by atomic mass is 10.1. The lowest BCUT2D eigenvalue weighted by molar-refractivity contribution is 0.136. The Morgan fingerprint density at radius 1 is 0.962 bits per heavy atom. The van der Waals surface area contributed by atoms with Gasteiger partial charge in [0.05, 0.1) is 0 Å². The second-order valence-corrected chi connectivity index (χ2v) is 7.38. The van der Waals surface area contributed by atoms with E-state index in [-0.39, 0.29) is 24.0 Å². The second kappa shape index (κ2) is 17.0. The maximum Gasteiger partial charge on any atom is 0.191 e. The summed E-state index contributed by atoms with van der Waals surface area (Å²) in [6.07, 6.45) is 9.02. The van der Waals surface area contributed by atoms with Gasteiger partial charge in [-0.2, -0.15) is 0 Å². The summed E-state index contributed by atoms with van der Waals surface area (Å²) < 4.78 is 0. The zero-order valence-corrected chi connectivity index (χ0v) is 20.1. The predicted molar refractivity (Wildman–Crippen MR) is 126 cm³/mol. The van der Waals surface area contributed by atoms with Crippen LogP contribution in [-0.2, 0) is 0 Å². The fourth-order valence-corrected chi connectivity index (χ4v) is 3.37. The highest BCUT2D eigenvalue weighted by atomic mass is 127. The number of nitrogens with one attached hydrogen (secondary N) is 2. The monoisotopic (exact) mass is 481 g/mol. The Kier molecular flexibility index (Phi) is 17.0. The Balaban J connectivity index is 0.00000625. The summed E-state index contributed by atoms with van der Waals surface area (Å²) >= 11 is 0. The molecule has 1 atom stereocenters. The van der Waals surface area contributed by atoms with Gasteiger partial charge in [-0.3, -0.25) is 4.99 Å². The molecule has 0 aromatic carbocycles. The molecule has 1 aliphatic rings. The number of guanidine groups is 1. The van der Waals surface area contributed by atoms with Gasteiger partial charge in [-0.15, -0.1) is 24.0 Å². The Hall–Kier alpha value is -0.0800. The highest BCUT2D eigenvalue weighted by Gasteiger charge is 2.14. The van der Waals surface area contributed by atoms with Gasteiger partial charge in [0.25, 0.3) is 0 Å². The summed E-state index contributed by atoms with van der Waals surface area (Å²) in [5.74, 6) is 0.958. The molecule has 1 saturated heterocycles. The van der Waals surface area contributed by atoms with Crippen molar-refractivity contribution < 1.29 is 0 Å². The number of hydrogen-bond acceptors (Lipinski definition) is 3. The van der Waals surface area contributed by atoms with E-state index in [0.717, 1.165) is 12.5 Å². The van der Waals surface area contributed by atoms with Crippen molar-refractivity contribution in [1.82, 2.24) is 20.4 Å². The van der Waals surface area contributed by atoms with E-state index >= 15 is 0 Å². The normalized spacial score (nSPS) is 17.6. The third kappa shape index (κ3) is 12.3. The first-order chi connectivity index (χ1) is 12.2. The predicted octanol–water partition coefficient (Wildman–Crippen LogP) is 3.55. The molecule has 1 heterocycles. The van der Waals surface area contributed by atoms with Crippen LogP contribution in [0.3, 0.4) is 0 Å². The van der Waals surface area contributed by atoms with E-state index in [1.165, 1.54) is 84.2 Å². The molecule has 0 amide bonds. The molecule has 1 rings (SSSR count). The molecule has 156 valence electrons. The number of hydrogen-bond donors (Lipinski definition) is 2. The summed E-state index contributed by atoms with van der Waals surface area (Å²) in [6, 6.07) is 0.498. The van der Waals surface area contributed by atoms with Crippen LogP contribution in [0.2, 0.25) is 0 Å². The Morgan fingerprint density at radius 3 is 2.27 bits per heavy atom. The van der Waals surface area contributed by atoms with Gasteiger partial charge in [-0.05, 0) is 39.3 Å². The molecule has 1 aliphatic heterocycles. The summed E-state index contributed by atoms with van der Waals surface area (Å²) in [6.45, 7) is 15.2. The highest BCUT2D eigenvalue weighted by Crippen LogP contribution is 2.05. The van der Waals surface area contributed by atoms with Gasteiger partial charge in [0.2, 0.25) is 0 Å². The molecular formula is C20H44IN5. The molecule has 1 fully saturated rings. The number of nitrogens with zero attached hydrogens (tertiary/aromatic N) is 3. The Labute approximate surface area is 179 Å². The van der Waals surface area contributed by atoms with Crippen molar-refractivity contribution in [2.24, 2.45) is 4.99 Å². The standard InChI is InChI=1S/C20H43N5.HI/c1-5-7-8-9-12-19(3)23-20(21-4)22-13-10-11-14-25-17-15-24(6-2)16-18-25;/h19H,5-18H2,1-4H3,(H2,21,22,23);1H. The molecule has 0 bridgehead atoms. The van der Waals surface area contributed by atoms with E-state index in [1.54, 1.807) is 0 Å². The maximum atomic E-state index is 4.36. The second-order valence-electron chi connectivity index (χ2n) is 7.38. The first-order valence-electron chi connectivity index (χ1n) is 10.6. The lowest BCUT2D eigenvalue weighted by Gasteiger charge is -2.34. The topological polar surface area (TPSA) is 42.9 Å². The molecule has 2 N–H and O–H groups in total. The molecule has 0 aliphatic carbocycles. The molecular weight excluding hydrogens is 437 g/mol. The number of rotatable bonds is 12. The smallest absolute Gasteiger partial charge is 0.191 e. The fraction of sp³-hybridized carbons (Fsp3) is 0.950. The molecule has 26 heavy (non-hydrogen) atoms. The summed E-state index contributed by atoms with van der Waals surface area (Å²) in [7, 11) is 1.87. The minimum Gasteiger partial charge on any atom is -0.356 e. The molecule has 0 saturated carbocycles. The third-order valence-electron chi connectivity index (χ3n) is 5.20. The number of piperazine rings is 1. The third-order valence-corrected chi connectivity index (χ3v) is 5.20. The number of likely N-dealkylation sites (N-methyl/N-ethyl adjacent to an activating group) is 1. The quantitative estimate of drug-likeness (QED) is 0.194. The first kappa shape index (κ1) is 25.9. The molecule has 0 aromatic heterocycles. The van der Waals surface area contributed by atoms with Crippen LogP contribution in [0.4, 0.5) is 0 Å². The van der Waals surface area contributed by atoms with Crippen molar-refractivity contribution in [1.29, 1.82) is 0 Å². The average Bonchev–Trinajstić information content (AvgIpc) is 2.64. The molecule has 0 spiro atoms. The van der Waals surface area contributed by atoms with Gasteiger partial charge in [0.1, 0.15) is 0 Å². The molecule has 6 heteroatoms. The minimum absolute atomic E-state index is 0. The Morgan fingerprint density at radius 2 is 1.65 bits per heavy atom. The van der Waals surface area contributed by atoms with Crippen molar-refractivity contribution >= 4 is 29.9 Å². The Bertz CT molecular complexity index is 343. The fourth-order valence-electron chi connectivity index (χ4n) is 3.37. The van der Waals surface area contributed by atoms with E-state index < -0.39 is 0 Å². The zero-order valence-electron chi connectivity index (χ0n) is 17.7. The summed E-state index contributed by atoms with van der Waals surface area (Å²) in [5, 5.41) is 6.99. The van der Waals surface area contributed by atoms with Crippen LogP contribution in [0.25, 0.3) is 0 Å². The molecule has 0 aromatic rings. The first-order valence-corrected chi connectivity index (χ1v) is 10.6. The van der Waals surface area contributed by atoms with Crippen molar-refractivity contribution in [2.45, 2.75) is 71.8 Å². The van der Waals surface area contributed by atoms with Crippen LogP contribution in [0.5, 0.6) is 0 Å². The zero-order chi connectivity index (χ0) is 18.3. The molecule has 5 nitrogen and oxygen atoms in total. The van der Waals surface area contributed by atoms with Gasteiger partial charge < -0.3 is 20.4 Å². The van der Waals surface area contributed by atoms with Crippen LogP contribution >= 0.6 is 24.0 Å². The number of halogens is 1. The molecule has 0 radical (unpaired) electrons. The summed E-state index contributed by atoms with van der Waals surface area (Å²) in [4.78, 5) is 9.50. The van der Waals surface area contributed by atoms with Crippen molar-refractivity contribution in [3.05, 3.63) is 0 Å². The van der Waals surface area contributed by atoms with E-state index in [0.29, 0.717) is 6.04 Å². The van der Waals surface area contributed by atoms with Crippen LogP contribution in [0, 0.1) is 0 Å². The van der Waals surface area contributed by atoms with E-state index in [9.17, 15) is 0 Å². The summed E-state index contributed by atoms with van der Waals surface area (Å²) in [5.41, 5.74) is 0. The van der Waals surface area contributed by atoms with Crippen molar-refractivity contribution in [3.63, 3.8) is 0 Å². The van der Waals surface area contributed by atoms with Crippen LogP contribution in [0.15, 0.2) is 4.99 Å². The number of aliphatic imine (C=N–C) groups is 1. The van der Waals surface area contributed by atoms with Crippen molar-refractivity contribution in [3.8, 4) is 0 Å². The van der Waals surface area contributed by atoms with E-state index in [2.05, 4.69) is 46.2 Å². The minimum atomic E-state index is 0. The largest absolute Gasteiger partial charge is 0.356 e. The SMILES string of the molecule is CCCCCCC(C)NC(=NC)NCCCCN1CCN(CC)CC1.I.